The number of rotatable bonds is 3. The van der Waals surface area contributed by atoms with Gasteiger partial charge in [0.05, 0.1) is 5.60 Å². The smallest absolute Gasteiger partial charge is 0.318 e. The maximum Gasteiger partial charge on any atom is 0.318 e. The van der Waals surface area contributed by atoms with Crippen molar-refractivity contribution in [2.24, 2.45) is 0 Å². The topological polar surface area (TPSA) is 101 Å². The Bertz CT molecular complexity index is 666. The summed E-state index contributed by atoms with van der Waals surface area (Å²) in [4.78, 5) is 31.9. The van der Waals surface area contributed by atoms with Crippen LogP contribution >= 0.6 is 0 Å². The van der Waals surface area contributed by atoms with Crippen molar-refractivity contribution in [3.05, 3.63) is 11.7 Å². The molecule has 0 aromatic carbocycles. The van der Waals surface area contributed by atoms with Crippen molar-refractivity contribution in [3.8, 4) is 0 Å². The molecule has 2 aliphatic heterocycles. The lowest BCUT2D eigenvalue weighted by Crippen LogP contribution is -2.59. The molecule has 9 heteroatoms. The molecule has 0 aliphatic carbocycles. The molecule has 0 bridgehead atoms. The van der Waals surface area contributed by atoms with E-state index in [-0.39, 0.29) is 36.1 Å². The maximum atomic E-state index is 12.5. The van der Waals surface area contributed by atoms with Crippen molar-refractivity contribution >= 4 is 11.9 Å². The highest BCUT2D eigenvalue weighted by Crippen LogP contribution is 2.30. The molecule has 1 unspecified atom stereocenters. The van der Waals surface area contributed by atoms with Crippen LogP contribution in [0.4, 0.5) is 4.79 Å². The molecule has 144 valence electrons. The van der Waals surface area contributed by atoms with Crippen LogP contribution in [0.15, 0.2) is 4.52 Å². The van der Waals surface area contributed by atoms with E-state index in [1.54, 1.807) is 16.8 Å². The summed E-state index contributed by atoms with van der Waals surface area (Å²) in [5, 5.41) is 6.84. The van der Waals surface area contributed by atoms with Gasteiger partial charge in [0.2, 0.25) is 11.8 Å². The maximum absolute atomic E-state index is 12.5. The number of carbonyl (C=O) groups is 2. The Morgan fingerprint density at radius 2 is 1.96 bits per heavy atom. The van der Waals surface area contributed by atoms with Gasteiger partial charge in [-0.15, -0.1) is 0 Å². The van der Waals surface area contributed by atoms with Gasteiger partial charge in [-0.1, -0.05) is 19.0 Å². The summed E-state index contributed by atoms with van der Waals surface area (Å²) in [5.41, 5.74) is -0.330. The average Bonchev–Trinajstić information content (AvgIpc) is 3.10. The highest BCUT2D eigenvalue weighted by molar-refractivity contribution is 5.78. The highest BCUT2D eigenvalue weighted by atomic mass is 16.5. The number of ether oxygens (including phenoxy) is 1. The number of urea groups is 1. The summed E-state index contributed by atoms with van der Waals surface area (Å²) < 4.78 is 11.0. The molecule has 2 saturated heterocycles. The SMILES string of the molecule is CC(C)c1noc(C(C)NC(=O)N2CCC3(CC2)CN(C)C(=O)CO3)n1. The van der Waals surface area contributed by atoms with Gasteiger partial charge < -0.3 is 24.4 Å². The number of nitrogens with zero attached hydrogens (tertiary/aromatic N) is 4. The van der Waals surface area contributed by atoms with E-state index in [9.17, 15) is 9.59 Å². The molecule has 3 rings (SSSR count). The number of nitrogens with one attached hydrogen (secondary N) is 1. The van der Waals surface area contributed by atoms with Crippen LogP contribution in [-0.2, 0) is 9.53 Å². The molecule has 1 spiro atoms. The minimum atomic E-state index is -0.354. The van der Waals surface area contributed by atoms with Crippen molar-refractivity contribution in [2.45, 2.75) is 51.2 Å². The van der Waals surface area contributed by atoms with Crippen molar-refractivity contribution in [3.63, 3.8) is 0 Å². The lowest BCUT2D eigenvalue weighted by molar-refractivity contribution is -0.167. The third kappa shape index (κ3) is 3.82. The number of hydrogen-bond acceptors (Lipinski definition) is 6. The van der Waals surface area contributed by atoms with E-state index in [2.05, 4.69) is 15.5 Å². The molecule has 3 amide bonds. The fourth-order valence-electron chi connectivity index (χ4n) is 3.31. The first kappa shape index (κ1) is 18.6. The quantitative estimate of drug-likeness (QED) is 0.866. The van der Waals surface area contributed by atoms with Gasteiger partial charge in [0.1, 0.15) is 12.6 Å². The van der Waals surface area contributed by atoms with Crippen molar-refractivity contribution in [2.75, 3.05) is 33.3 Å². The predicted octanol–water partition coefficient (Wildman–Crippen LogP) is 1.29. The summed E-state index contributed by atoms with van der Waals surface area (Å²) in [5.74, 6) is 1.22. The Morgan fingerprint density at radius 1 is 1.27 bits per heavy atom. The Balaban J connectivity index is 1.52. The van der Waals surface area contributed by atoms with Crippen LogP contribution in [0, 0.1) is 0 Å². The van der Waals surface area contributed by atoms with E-state index in [4.69, 9.17) is 9.26 Å². The van der Waals surface area contributed by atoms with Gasteiger partial charge in [-0.25, -0.2) is 4.79 Å². The minimum absolute atomic E-state index is 0.00458. The third-order valence-electron chi connectivity index (χ3n) is 5.10. The van der Waals surface area contributed by atoms with Crippen LogP contribution in [-0.4, -0.2) is 70.8 Å². The lowest BCUT2D eigenvalue weighted by Gasteiger charge is -2.46. The van der Waals surface area contributed by atoms with Crippen LogP contribution in [0.5, 0.6) is 0 Å². The zero-order chi connectivity index (χ0) is 18.9. The molecule has 26 heavy (non-hydrogen) atoms. The number of aromatic nitrogens is 2. The average molecular weight is 365 g/mol. The standard InChI is InChI=1S/C17H27N5O4/c1-11(2)14-19-15(26-20-14)12(3)18-16(24)22-7-5-17(6-8-22)10-21(4)13(23)9-25-17/h11-12H,5-10H2,1-4H3,(H,18,24). The van der Waals surface area contributed by atoms with Crippen LogP contribution in [0.1, 0.15) is 57.3 Å². The molecule has 1 atom stereocenters. The molecule has 3 heterocycles. The van der Waals surface area contributed by atoms with E-state index in [0.717, 1.165) is 0 Å². The molecule has 1 aromatic rings. The first-order valence-electron chi connectivity index (χ1n) is 9.06. The van der Waals surface area contributed by atoms with Crippen LogP contribution < -0.4 is 5.32 Å². The number of likely N-dealkylation sites (tertiary alicyclic amines) is 1. The number of piperidine rings is 1. The number of carbonyl (C=O) groups excluding carboxylic acids is 2. The molecule has 0 saturated carbocycles. The summed E-state index contributed by atoms with van der Waals surface area (Å²) in [6.07, 6.45) is 1.43. The van der Waals surface area contributed by atoms with Crippen LogP contribution in [0.25, 0.3) is 0 Å². The van der Waals surface area contributed by atoms with Gasteiger partial charge >= 0.3 is 6.03 Å². The van der Waals surface area contributed by atoms with E-state index in [1.807, 2.05) is 20.8 Å². The van der Waals surface area contributed by atoms with Crippen molar-refractivity contribution in [1.29, 1.82) is 0 Å². The highest BCUT2D eigenvalue weighted by Gasteiger charge is 2.42. The van der Waals surface area contributed by atoms with Gasteiger partial charge in [-0.05, 0) is 19.8 Å². The first-order chi connectivity index (χ1) is 12.3. The molecule has 0 radical (unpaired) electrons. The zero-order valence-electron chi connectivity index (χ0n) is 15.8. The van der Waals surface area contributed by atoms with E-state index in [1.165, 1.54) is 0 Å². The fraction of sp³-hybridized carbons (Fsp3) is 0.765. The van der Waals surface area contributed by atoms with Gasteiger partial charge in [-0.2, -0.15) is 4.98 Å². The van der Waals surface area contributed by atoms with Crippen molar-refractivity contribution in [1.82, 2.24) is 25.3 Å². The van der Waals surface area contributed by atoms with E-state index < -0.39 is 0 Å². The zero-order valence-corrected chi connectivity index (χ0v) is 15.8. The Morgan fingerprint density at radius 3 is 2.54 bits per heavy atom. The van der Waals surface area contributed by atoms with Crippen LogP contribution in [0.3, 0.4) is 0 Å². The Kier molecular flexibility index (Phi) is 5.17. The van der Waals surface area contributed by atoms with Gasteiger partial charge in [-0.3, -0.25) is 4.79 Å². The summed E-state index contributed by atoms with van der Waals surface area (Å²) in [6, 6.07) is -0.509. The van der Waals surface area contributed by atoms with E-state index >= 15 is 0 Å². The molecule has 1 aromatic heterocycles. The molecular weight excluding hydrogens is 338 g/mol. The molecule has 1 N–H and O–H groups in total. The summed E-state index contributed by atoms with van der Waals surface area (Å²) >= 11 is 0. The number of amides is 3. The number of morpholine rings is 1. The predicted molar refractivity (Wildman–Crippen MR) is 92.5 cm³/mol. The third-order valence-corrected chi connectivity index (χ3v) is 5.10. The summed E-state index contributed by atoms with van der Waals surface area (Å²) in [6.45, 7) is 7.67. The number of likely N-dealkylation sites (N-methyl/N-ethyl adjacent to an activating group) is 1. The molecule has 2 fully saturated rings. The van der Waals surface area contributed by atoms with Gasteiger partial charge in [0, 0.05) is 32.6 Å². The Hall–Kier alpha value is -2.16. The second-order valence-electron chi connectivity index (χ2n) is 7.53. The fourth-order valence-corrected chi connectivity index (χ4v) is 3.31. The van der Waals surface area contributed by atoms with Crippen molar-refractivity contribution < 1.29 is 18.8 Å². The normalized spacial score (nSPS) is 21.3. The Labute approximate surface area is 153 Å². The van der Waals surface area contributed by atoms with Gasteiger partial charge in [0.25, 0.3) is 0 Å². The monoisotopic (exact) mass is 365 g/mol. The van der Waals surface area contributed by atoms with Gasteiger partial charge in [0.15, 0.2) is 5.82 Å². The lowest BCUT2D eigenvalue weighted by atomic mass is 9.89. The molecule has 2 aliphatic rings. The molecule has 9 nitrogen and oxygen atoms in total. The summed E-state index contributed by atoms with van der Waals surface area (Å²) in [7, 11) is 1.79. The number of hydrogen-bond donors (Lipinski definition) is 1. The molecular formula is C17H27N5O4. The second kappa shape index (κ2) is 7.22. The largest absolute Gasteiger partial charge is 0.363 e. The minimum Gasteiger partial charge on any atom is -0.363 e. The second-order valence-corrected chi connectivity index (χ2v) is 7.53. The van der Waals surface area contributed by atoms with Crippen LogP contribution in [0.2, 0.25) is 0 Å². The first-order valence-corrected chi connectivity index (χ1v) is 9.06. The van der Waals surface area contributed by atoms with E-state index in [0.29, 0.717) is 44.2 Å².